The first-order chi connectivity index (χ1) is 22.9. The molecule has 4 aromatic rings. The van der Waals surface area contributed by atoms with Crippen LogP contribution in [0.25, 0.3) is 6.08 Å². The van der Waals surface area contributed by atoms with Gasteiger partial charge < -0.3 is 37.9 Å². The average molecular weight is 639 g/mol. The highest BCUT2D eigenvalue weighted by Crippen LogP contribution is 2.52. The van der Waals surface area contributed by atoms with Crippen LogP contribution in [0.2, 0.25) is 0 Å². The van der Waals surface area contributed by atoms with E-state index in [1.807, 2.05) is 36.4 Å². The van der Waals surface area contributed by atoms with E-state index < -0.39 is 11.9 Å². The second kappa shape index (κ2) is 13.4. The number of hydrogen-bond donors (Lipinski definition) is 0. The number of hydrogen-bond acceptors (Lipinski definition) is 10. The van der Waals surface area contributed by atoms with Crippen LogP contribution in [0.4, 0.5) is 0 Å². The van der Waals surface area contributed by atoms with Gasteiger partial charge in [-0.1, -0.05) is 24.3 Å². The molecule has 47 heavy (non-hydrogen) atoms. The molecular weight excluding hydrogens is 604 g/mol. The number of Topliss-reactive ketones (excluding diaryl/α,β-unsaturated/α-hetero) is 1. The minimum Gasteiger partial charge on any atom is -0.497 e. The van der Waals surface area contributed by atoms with Gasteiger partial charge in [-0.05, 0) is 54.1 Å². The number of rotatable bonds is 11. The summed E-state index contributed by atoms with van der Waals surface area (Å²) in [6, 6.07) is 20.0. The van der Waals surface area contributed by atoms with Crippen molar-refractivity contribution in [3.8, 4) is 46.0 Å². The molecule has 4 aromatic carbocycles. The van der Waals surface area contributed by atoms with Gasteiger partial charge in [-0.25, -0.2) is 0 Å². The largest absolute Gasteiger partial charge is 0.497 e. The van der Waals surface area contributed by atoms with E-state index in [0.717, 1.165) is 11.3 Å². The third-order valence-corrected chi connectivity index (χ3v) is 8.20. The zero-order chi connectivity index (χ0) is 33.1. The first-order valence-corrected chi connectivity index (χ1v) is 14.9. The summed E-state index contributed by atoms with van der Waals surface area (Å²) in [7, 11) is 7.74. The van der Waals surface area contributed by atoms with Crippen LogP contribution in [0, 0.1) is 0 Å². The van der Waals surface area contributed by atoms with Crippen molar-refractivity contribution in [2.24, 2.45) is 0 Å². The summed E-state index contributed by atoms with van der Waals surface area (Å²) in [5.41, 5.74) is 3.26. The minimum atomic E-state index is -0.546. The molecule has 10 heteroatoms. The number of methoxy groups -OCH3 is 5. The van der Waals surface area contributed by atoms with Gasteiger partial charge in [0.1, 0.15) is 17.2 Å². The summed E-state index contributed by atoms with van der Waals surface area (Å²) >= 11 is 0. The number of ketones is 1. The van der Waals surface area contributed by atoms with Crippen LogP contribution >= 0.6 is 0 Å². The minimum absolute atomic E-state index is 0.00552. The molecule has 0 aromatic heterocycles. The zero-order valence-electron chi connectivity index (χ0n) is 26.7. The van der Waals surface area contributed by atoms with Crippen molar-refractivity contribution >= 4 is 17.8 Å². The molecule has 0 N–H and O–H groups in total. The van der Waals surface area contributed by atoms with Crippen molar-refractivity contribution < 1.29 is 47.5 Å². The maximum atomic E-state index is 13.7. The molecule has 10 nitrogen and oxygen atoms in total. The number of esters is 1. The van der Waals surface area contributed by atoms with Gasteiger partial charge in [-0.15, -0.1) is 0 Å². The first-order valence-electron chi connectivity index (χ1n) is 14.9. The molecule has 1 atom stereocenters. The van der Waals surface area contributed by atoms with E-state index in [0.29, 0.717) is 75.5 Å². The predicted molar refractivity (Wildman–Crippen MR) is 173 cm³/mol. The number of allylic oxidation sites excluding steroid dienone is 1. The van der Waals surface area contributed by atoms with Crippen molar-refractivity contribution in [3.05, 3.63) is 100 Å². The molecule has 2 aliphatic heterocycles. The van der Waals surface area contributed by atoms with Crippen molar-refractivity contribution in [2.75, 3.05) is 42.2 Å². The third-order valence-electron chi connectivity index (χ3n) is 8.20. The van der Waals surface area contributed by atoms with E-state index in [9.17, 15) is 9.59 Å². The summed E-state index contributed by atoms with van der Waals surface area (Å²) in [6.45, 7) is 0.353. The number of carbonyl (C=O) groups excluding carboxylic acids is 2. The van der Waals surface area contributed by atoms with Crippen molar-refractivity contribution in [1.82, 2.24) is 0 Å². The van der Waals surface area contributed by atoms with Gasteiger partial charge in [0.2, 0.25) is 11.5 Å². The number of fused-ring (bicyclic) bond motifs is 3. The third kappa shape index (κ3) is 5.90. The fraction of sp³-hybridized carbons (Fsp3) is 0.243. The Balaban J connectivity index is 1.37. The van der Waals surface area contributed by atoms with Crippen LogP contribution in [-0.2, 0) is 11.2 Å². The van der Waals surface area contributed by atoms with Crippen molar-refractivity contribution in [2.45, 2.75) is 18.8 Å². The van der Waals surface area contributed by atoms with Crippen molar-refractivity contribution in [3.63, 3.8) is 0 Å². The topological polar surface area (TPSA) is 108 Å². The van der Waals surface area contributed by atoms with Gasteiger partial charge in [0, 0.05) is 29.0 Å². The average Bonchev–Trinajstić information content (AvgIpc) is 3.42. The van der Waals surface area contributed by atoms with E-state index in [-0.39, 0.29) is 18.0 Å². The summed E-state index contributed by atoms with van der Waals surface area (Å²) < 4.78 is 45.8. The normalized spacial score (nSPS) is 15.7. The maximum Gasteiger partial charge on any atom is 0.312 e. The van der Waals surface area contributed by atoms with Crippen LogP contribution < -0.4 is 37.9 Å². The Hall–Kier alpha value is -5.64. The molecule has 0 aliphatic carbocycles. The number of para-hydroxylation sites is 1. The fourth-order valence-electron chi connectivity index (χ4n) is 5.94. The van der Waals surface area contributed by atoms with E-state index in [1.54, 1.807) is 50.6 Å². The van der Waals surface area contributed by atoms with E-state index in [2.05, 4.69) is 0 Å². The Labute approximate surface area is 272 Å². The maximum absolute atomic E-state index is 13.7. The van der Waals surface area contributed by atoms with Crippen LogP contribution in [0.3, 0.4) is 0 Å². The fourth-order valence-corrected chi connectivity index (χ4v) is 5.94. The molecule has 0 spiro atoms. The molecule has 0 unspecified atom stereocenters. The summed E-state index contributed by atoms with van der Waals surface area (Å²) in [5.74, 6) is 2.48. The smallest absolute Gasteiger partial charge is 0.312 e. The Kier molecular flexibility index (Phi) is 8.92. The second-order valence-corrected chi connectivity index (χ2v) is 10.8. The van der Waals surface area contributed by atoms with Crippen LogP contribution in [0.1, 0.15) is 45.0 Å². The molecule has 2 heterocycles. The molecule has 0 saturated heterocycles. The highest BCUT2D eigenvalue weighted by atomic mass is 16.5. The molecule has 242 valence electrons. The summed E-state index contributed by atoms with van der Waals surface area (Å²) in [4.78, 5) is 26.6. The first kappa shape index (κ1) is 31.3. The van der Waals surface area contributed by atoms with E-state index in [4.69, 9.17) is 37.9 Å². The Morgan fingerprint density at radius 2 is 1.49 bits per heavy atom. The van der Waals surface area contributed by atoms with Gasteiger partial charge in [-0.3, -0.25) is 9.59 Å². The number of benzene rings is 4. The van der Waals surface area contributed by atoms with Crippen LogP contribution in [0.5, 0.6) is 46.0 Å². The Bertz CT molecular complexity index is 1860. The van der Waals surface area contributed by atoms with Gasteiger partial charge >= 0.3 is 5.97 Å². The number of carbonyl (C=O) groups is 2. The highest BCUT2D eigenvalue weighted by Gasteiger charge is 2.40. The molecule has 0 fully saturated rings. The molecule has 0 amide bonds. The highest BCUT2D eigenvalue weighted by molar-refractivity contribution is 6.15. The van der Waals surface area contributed by atoms with Gasteiger partial charge in [0.05, 0.1) is 54.1 Å². The summed E-state index contributed by atoms with van der Waals surface area (Å²) in [5, 5.41) is 0. The molecule has 6 rings (SSSR count). The quantitative estimate of drug-likeness (QED) is 0.104. The molecule has 0 radical (unpaired) electrons. The lowest BCUT2D eigenvalue weighted by atomic mass is 9.84. The van der Waals surface area contributed by atoms with Gasteiger partial charge in [0.15, 0.2) is 28.8 Å². The lowest BCUT2D eigenvalue weighted by Crippen LogP contribution is -2.22. The molecule has 0 bridgehead atoms. The van der Waals surface area contributed by atoms with Gasteiger partial charge in [-0.2, -0.15) is 0 Å². The lowest BCUT2D eigenvalue weighted by molar-refractivity contribution is -0.135. The Morgan fingerprint density at radius 3 is 2.19 bits per heavy atom. The molecule has 2 aliphatic rings. The standard InChI is InChI=1S/C37H34O10/c1-40-23-12-9-21(10-13-23)17-18-45-35-24(7-6-8-28(35)41-2)26-20-31(38)46-27-16-14-25-33(39)30(47-36(25)32(26)27)19-22-11-15-29(42-3)37(44-5)34(22)43-4/h6-16,19,26H,17-18,20H2,1-5H3/b30-19-/t26-/m0/s1. The number of ether oxygens (including phenoxy) is 8. The zero-order valence-corrected chi connectivity index (χ0v) is 26.7. The molecular formula is C37H34O10. The lowest BCUT2D eigenvalue weighted by Gasteiger charge is -2.28. The van der Waals surface area contributed by atoms with Crippen LogP contribution in [0.15, 0.2) is 72.5 Å². The summed E-state index contributed by atoms with van der Waals surface area (Å²) in [6.07, 6.45) is 2.23. The van der Waals surface area contributed by atoms with E-state index >= 15 is 0 Å². The van der Waals surface area contributed by atoms with Crippen molar-refractivity contribution in [1.29, 1.82) is 0 Å². The molecule has 0 saturated carbocycles. The monoisotopic (exact) mass is 638 g/mol. The Morgan fingerprint density at radius 1 is 0.745 bits per heavy atom. The van der Waals surface area contributed by atoms with E-state index in [1.165, 1.54) is 21.3 Å². The second-order valence-electron chi connectivity index (χ2n) is 10.8. The van der Waals surface area contributed by atoms with Crippen LogP contribution in [-0.4, -0.2) is 53.9 Å². The predicted octanol–water partition coefficient (Wildman–Crippen LogP) is 6.41. The SMILES string of the molecule is COc1ccc(CCOc2c(OC)cccc2[C@@H]2CC(=O)Oc3ccc4c(c32)O/C(=C\c2ccc(OC)c(OC)c2OC)C4=O)cc1. The van der Waals surface area contributed by atoms with Gasteiger partial charge in [0.25, 0.3) is 0 Å².